The number of hydrogen-bond acceptors (Lipinski definition) is 2. The van der Waals surface area contributed by atoms with Crippen molar-refractivity contribution in [3.8, 4) is 5.75 Å². The van der Waals surface area contributed by atoms with Gasteiger partial charge in [0.25, 0.3) is 0 Å². The molecule has 0 fully saturated rings. The molecule has 0 aromatic heterocycles. The number of carbonyl (C=O) groups excluding carboxylic acids is 1. The van der Waals surface area contributed by atoms with Gasteiger partial charge in [-0.1, -0.05) is 42.5 Å². The van der Waals surface area contributed by atoms with Crippen molar-refractivity contribution in [2.24, 2.45) is 0 Å². The molecule has 0 saturated heterocycles. The highest BCUT2D eigenvalue weighted by Gasteiger charge is 2.28. The first-order valence-electron chi connectivity index (χ1n) is 8.65. The number of amides is 2. The number of benzene rings is 2. The lowest BCUT2D eigenvalue weighted by Crippen LogP contribution is -2.37. The summed E-state index contributed by atoms with van der Waals surface area (Å²) in [6, 6.07) is 16.0. The van der Waals surface area contributed by atoms with Crippen LogP contribution in [0.5, 0.6) is 5.75 Å². The van der Waals surface area contributed by atoms with Gasteiger partial charge in [0.2, 0.25) is 0 Å². The van der Waals surface area contributed by atoms with Crippen molar-refractivity contribution < 1.29 is 22.7 Å². The molecule has 2 aromatic rings. The fraction of sp³-hybridized carbons (Fsp3) is 0.350. The number of nitrogens with one attached hydrogen (secondary N) is 1. The van der Waals surface area contributed by atoms with Gasteiger partial charge in [0, 0.05) is 20.1 Å². The molecular formula is C20H23F3N2O2. The summed E-state index contributed by atoms with van der Waals surface area (Å²) < 4.78 is 41.0. The summed E-state index contributed by atoms with van der Waals surface area (Å²) in [4.78, 5) is 13.7. The fourth-order valence-electron chi connectivity index (χ4n) is 2.45. The van der Waals surface area contributed by atoms with Gasteiger partial charge in [-0.2, -0.15) is 13.2 Å². The third kappa shape index (κ3) is 8.02. The Balaban J connectivity index is 1.69. The minimum absolute atomic E-state index is 0.139. The van der Waals surface area contributed by atoms with Crippen molar-refractivity contribution in [3.05, 3.63) is 65.7 Å². The third-order valence-corrected chi connectivity index (χ3v) is 3.92. The van der Waals surface area contributed by atoms with Crippen LogP contribution >= 0.6 is 0 Å². The predicted octanol–water partition coefficient (Wildman–Crippen LogP) is 4.40. The second-order valence-corrected chi connectivity index (χ2v) is 6.22. The molecule has 27 heavy (non-hydrogen) atoms. The molecule has 0 unspecified atom stereocenters. The number of rotatable bonds is 8. The highest BCUT2D eigenvalue weighted by Crippen LogP contribution is 2.18. The lowest BCUT2D eigenvalue weighted by molar-refractivity contribution is -0.153. The summed E-state index contributed by atoms with van der Waals surface area (Å²) >= 11 is 0. The molecule has 0 radical (unpaired) electrons. The van der Waals surface area contributed by atoms with Gasteiger partial charge >= 0.3 is 12.2 Å². The smallest absolute Gasteiger partial charge is 0.422 e. The van der Waals surface area contributed by atoms with Crippen molar-refractivity contribution in [2.45, 2.75) is 25.6 Å². The third-order valence-electron chi connectivity index (χ3n) is 3.92. The van der Waals surface area contributed by atoms with Gasteiger partial charge in [-0.15, -0.1) is 0 Å². The van der Waals surface area contributed by atoms with Crippen LogP contribution in [0.25, 0.3) is 0 Å². The summed E-state index contributed by atoms with van der Waals surface area (Å²) in [7, 11) is 1.73. The summed E-state index contributed by atoms with van der Waals surface area (Å²) in [6.07, 6.45) is -2.60. The second kappa shape index (κ2) is 9.85. The molecule has 2 aromatic carbocycles. The number of ether oxygens (including phenoxy) is 1. The molecule has 0 heterocycles. The molecule has 2 rings (SSSR count). The Kier molecular flexibility index (Phi) is 7.52. The SMILES string of the molecule is CN(CCCc1ccccc1)C(=O)NCc1ccc(OCC(F)(F)F)cc1. The zero-order valence-electron chi connectivity index (χ0n) is 15.1. The normalized spacial score (nSPS) is 11.1. The number of urea groups is 1. The van der Waals surface area contributed by atoms with E-state index in [-0.39, 0.29) is 11.8 Å². The Morgan fingerprint density at radius 2 is 1.70 bits per heavy atom. The van der Waals surface area contributed by atoms with Crippen molar-refractivity contribution in [2.75, 3.05) is 20.2 Å². The summed E-state index contributed by atoms with van der Waals surface area (Å²) in [5, 5.41) is 2.79. The molecular weight excluding hydrogens is 357 g/mol. The zero-order chi connectivity index (χ0) is 19.7. The van der Waals surface area contributed by atoms with Crippen LogP contribution in [-0.2, 0) is 13.0 Å². The maximum atomic E-state index is 12.1. The van der Waals surface area contributed by atoms with Crippen LogP contribution in [0.4, 0.5) is 18.0 Å². The molecule has 4 nitrogen and oxygen atoms in total. The molecule has 1 N–H and O–H groups in total. The summed E-state index contributed by atoms with van der Waals surface area (Å²) in [5.74, 6) is 0.139. The Hall–Kier alpha value is -2.70. The standard InChI is InChI=1S/C20H23F3N2O2/c1-25(13-5-8-16-6-3-2-4-7-16)19(26)24-14-17-9-11-18(12-10-17)27-15-20(21,22)23/h2-4,6-7,9-12H,5,8,13-15H2,1H3,(H,24,26). The maximum absolute atomic E-state index is 12.1. The van der Waals surface area contributed by atoms with E-state index in [2.05, 4.69) is 22.2 Å². The van der Waals surface area contributed by atoms with Crippen LogP contribution in [0.3, 0.4) is 0 Å². The van der Waals surface area contributed by atoms with Crippen molar-refractivity contribution in [3.63, 3.8) is 0 Å². The molecule has 0 spiro atoms. The average molecular weight is 380 g/mol. The van der Waals surface area contributed by atoms with E-state index in [0.29, 0.717) is 13.1 Å². The van der Waals surface area contributed by atoms with Gasteiger partial charge in [0.05, 0.1) is 0 Å². The Morgan fingerprint density at radius 1 is 1.04 bits per heavy atom. The van der Waals surface area contributed by atoms with Crippen LogP contribution in [0, 0.1) is 0 Å². The van der Waals surface area contributed by atoms with Crippen molar-refractivity contribution in [1.29, 1.82) is 0 Å². The monoisotopic (exact) mass is 380 g/mol. The molecule has 0 bridgehead atoms. The molecule has 2 amide bonds. The van der Waals surface area contributed by atoms with E-state index >= 15 is 0 Å². The largest absolute Gasteiger partial charge is 0.484 e. The molecule has 0 aliphatic rings. The zero-order valence-corrected chi connectivity index (χ0v) is 15.1. The van der Waals surface area contributed by atoms with E-state index in [1.807, 2.05) is 18.2 Å². The van der Waals surface area contributed by atoms with E-state index in [9.17, 15) is 18.0 Å². The van der Waals surface area contributed by atoms with Crippen LogP contribution < -0.4 is 10.1 Å². The number of alkyl halides is 3. The van der Waals surface area contributed by atoms with Crippen LogP contribution in [0.1, 0.15) is 17.5 Å². The first-order valence-corrected chi connectivity index (χ1v) is 8.65. The maximum Gasteiger partial charge on any atom is 0.422 e. The van der Waals surface area contributed by atoms with Gasteiger partial charge in [0.1, 0.15) is 5.75 Å². The summed E-state index contributed by atoms with van der Waals surface area (Å²) in [5.41, 5.74) is 2.01. The van der Waals surface area contributed by atoms with Gasteiger partial charge in [0.15, 0.2) is 6.61 Å². The molecule has 7 heteroatoms. The topological polar surface area (TPSA) is 41.6 Å². The van der Waals surface area contributed by atoms with Gasteiger partial charge < -0.3 is 15.0 Å². The second-order valence-electron chi connectivity index (χ2n) is 6.22. The number of nitrogens with zero attached hydrogens (tertiary/aromatic N) is 1. The number of carbonyl (C=O) groups is 1. The lowest BCUT2D eigenvalue weighted by Gasteiger charge is -2.18. The fourth-order valence-corrected chi connectivity index (χ4v) is 2.45. The van der Waals surface area contributed by atoms with Crippen LogP contribution in [0.2, 0.25) is 0 Å². The predicted molar refractivity (Wildman–Crippen MR) is 97.6 cm³/mol. The van der Waals surface area contributed by atoms with Crippen LogP contribution in [-0.4, -0.2) is 37.3 Å². The molecule has 0 saturated carbocycles. The quantitative estimate of drug-likeness (QED) is 0.737. The first-order chi connectivity index (χ1) is 12.8. The average Bonchev–Trinajstić information content (AvgIpc) is 2.65. The Labute approximate surface area is 156 Å². The number of hydrogen-bond donors (Lipinski definition) is 1. The van der Waals surface area contributed by atoms with E-state index in [1.165, 1.54) is 17.7 Å². The van der Waals surface area contributed by atoms with E-state index < -0.39 is 12.8 Å². The van der Waals surface area contributed by atoms with Crippen molar-refractivity contribution in [1.82, 2.24) is 10.2 Å². The number of halogens is 3. The van der Waals surface area contributed by atoms with Gasteiger partial charge in [-0.25, -0.2) is 4.79 Å². The number of aryl methyl sites for hydroxylation is 1. The van der Waals surface area contributed by atoms with E-state index in [1.54, 1.807) is 24.1 Å². The molecule has 0 atom stereocenters. The van der Waals surface area contributed by atoms with Gasteiger partial charge in [-0.3, -0.25) is 0 Å². The highest BCUT2D eigenvalue weighted by molar-refractivity contribution is 5.73. The Morgan fingerprint density at radius 3 is 2.33 bits per heavy atom. The lowest BCUT2D eigenvalue weighted by atomic mass is 10.1. The molecule has 0 aliphatic carbocycles. The van der Waals surface area contributed by atoms with E-state index in [4.69, 9.17) is 0 Å². The Bertz CT molecular complexity index is 703. The van der Waals surface area contributed by atoms with Gasteiger partial charge in [-0.05, 0) is 36.1 Å². The van der Waals surface area contributed by atoms with Crippen LogP contribution in [0.15, 0.2) is 54.6 Å². The van der Waals surface area contributed by atoms with E-state index in [0.717, 1.165) is 18.4 Å². The molecule has 146 valence electrons. The molecule has 0 aliphatic heterocycles. The highest BCUT2D eigenvalue weighted by atomic mass is 19.4. The minimum atomic E-state index is -4.36. The summed E-state index contributed by atoms with van der Waals surface area (Å²) in [6.45, 7) is -0.400. The van der Waals surface area contributed by atoms with Crippen molar-refractivity contribution >= 4 is 6.03 Å². The first kappa shape index (κ1) is 20.6. The minimum Gasteiger partial charge on any atom is -0.484 e.